The van der Waals surface area contributed by atoms with Crippen LogP contribution < -0.4 is 25.4 Å². The van der Waals surface area contributed by atoms with E-state index in [9.17, 15) is 4.79 Å². The van der Waals surface area contributed by atoms with E-state index in [1.807, 2.05) is 24.3 Å². The molecule has 1 aliphatic rings. The molecule has 140 valence electrons. The molecular formula is C18H20N6O3. The van der Waals surface area contributed by atoms with Crippen LogP contribution in [0.15, 0.2) is 30.5 Å². The van der Waals surface area contributed by atoms with Crippen LogP contribution in [0.2, 0.25) is 0 Å². The molecule has 3 heterocycles. The van der Waals surface area contributed by atoms with Gasteiger partial charge in [-0.1, -0.05) is 0 Å². The molecule has 3 aromatic rings. The summed E-state index contributed by atoms with van der Waals surface area (Å²) >= 11 is 0. The molecule has 3 N–H and O–H groups in total. The van der Waals surface area contributed by atoms with E-state index in [1.165, 1.54) is 10.7 Å². The summed E-state index contributed by atoms with van der Waals surface area (Å²) in [7, 11) is 3.40. The predicted octanol–water partition coefficient (Wildman–Crippen LogP) is 2.04. The Balaban J connectivity index is 1.87. The van der Waals surface area contributed by atoms with Gasteiger partial charge < -0.3 is 25.4 Å². The third-order valence-electron chi connectivity index (χ3n) is 4.28. The number of nitrogens with one attached hydrogen (secondary N) is 3. The Morgan fingerprint density at radius 2 is 2.22 bits per heavy atom. The maximum atomic E-state index is 12.5. The summed E-state index contributed by atoms with van der Waals surface area (Å²) in [6, 6.07) is 7.37. The molecule has 1 aliphatic heterocycles. The molecule has 0 saturated carbocycles. The minimum absolute atomic E-state index is 0.234. The number of benzene rings is 1. The number of methoxy groups -OCH3 is 1. The maximum absolute atomic E-state index is 12.5. The van der Waals surface area contributed by atoms with Gasteiger partial charge in [-0.15, -0.1) is 5.10 Å². The molecule has 0 radical (unpaired) electrons. The molecule has 0 aliphatic carbocycles. The monoisotopic (exact) mass is 368 g/mol. The number of amides is 1. The molecule has 0 unspecified atom stereocenters. The summed E-state index contributed by atoms with van der Waals surface area (Å²) < 4.78 is 12.7. The zero-order valence-corrected chi connectivity index (χ0v) is 15.1. The summed E-state index contributed by atoms with van der Waals surface area (Å²) in [5.74, 6) is 1.67. The summed E-state index contributed by atoms with van der Waals surface area (Å²) in [6.07, 6.45) is 2.20. The van der Waals surface area contributed by atoms with E-state index in [2.05, 4.69) is 26.0 Å². The standard InChI is InChI=1S/C18H20N6O3/c1-19-13-9-16-22-12-8-11(4-5-15(12)26-2)27-7-3-6-20-18(25)14-10-21-17(13)24(14)23-16/h4-5,8-10,19H,3,6-7H2,1-2H3,(H,20,25)(H,22,23). The molecule has 1 amide bonds. The number of imidazole rings is 1. The van der Waals surface area contributed by atoms with Crippen LogP contribution in [0.1, 0.15) is 16.9 Å². The van der Waals surface area contributed by atoms with E-state index in [0.717, 1.165) is 5.69 Å². The number of hydrogen-bond donors (Lipinski definition) is 3. The largest absolute Gasteiger partial charge is 0.495 e. The van der Waals surface area contributed by atoms with Gasteiger partial charge in [-0.25, -0.2) is 9.50 Å². The summed E-state index contributed by atoms with van der Waals surface area (Å²) in [5.41, 5.74) is 2.39. The number of fused-ring (bicyclic) bond motifs is 3. The zero-order valence-electron chi connectivity index (χ0n) is 15.1. The first-order chi connectivity index (χ1) is 13.2. The van der Waals surface area contributed by atoms with Crippen molar-refractivity contribution in [3.8, 4) is 11.5 Å². The second-order valence-electron chi connectivity index (χ2n) is 6.02. The lowest BCUT2D eigenvalue weighted by Crippen LogP contribution is -2.27. The number of ether oxygens (including phenoxy) is 2. The number of nitrogens with zero attached hydrogens (tertiary/aromatic N) is 3. The van der Waals surface area contributed by atoms with Crippen molar-refractivity contribution >= 4 is 28.7 Å². The predicted molar refractivity (Wildman–Crippen MR) is 101 cm³/mol. The third-order valence-corrected chi connectivity index (χ3v) is 4.28. The number of rotatable bonds is 2. The molecule has 0 fully saturated rings. The Bertz CT molecular complexity index is 1000. The third kappa shape index (κ3) is 3.19. The number of hydrogen-bond acceptors (Lipinski definition) is 7. The van der Waals surface area contributed by atoms with Gasteiger partial charge in [-0.2, -0.15) is 0 Å². The summed E-state index contributed by atoms with van der Waals surface area (Å²) in [4.78, 5) is 16.8. The average molecular weight is 368 g/mol. The Morgan fingerprint density at radius 1 is 1.33 bits per heavy atom. The maximum Gasteiger partial charge on any atom is 0.271 e. The van der Waals surface area contributed by atoms with E-state index in [4.69, 9.17) is 9.47 Å². The molecular weight excluding hydrogens is 348 g/mol. The molecule has 2 aromatic heterocycles. The van der Waals surface area contributed by atoms with Crippen molar-refractivity contribution in [3.63, 3.8) is 0 Å². The molecule has 9 heteroatoms. The van der Waals surface area contributed by atoms with E-state index >= 15 is 0 Å². The van der Waals surface area contributed by atoms with Crippen molar-refractivity contribution in [2.45, 2.75) is 6.42 Å². The molecule has 1 aromatic carbocycles. The normalized spacial score (nSPS) is 14.1. The van der Waals surface area contributed by atoms with Crippen LogP contribution in [0, 0.1) is 0 Å². The second-order valence-corrected chi connectivity index (χ2v) is 6.02. The van der Waals surface area contributed by atoms with Crippen LogP contribution in [0.25, 0.3) is 5.65 Å². The van der Waals surface area contributed by atoms with Crippen molar-refractivity contribution in [1.29, 1.82) is 0 Å². The Hall–Kier alpha value is -3.49. The number of carbonyl (C=O) groups excluding carboxylic acids is 1. The van der Waals surface area contributed by atoms with E-state index in [1.54, 1.807) is 14.2 Å². The summed E-state index contributed by atoms with van der Waals surface area (Å²) in [6.45, 7) is 0.979. The topological polar surface area (TPSA) is 102 Å². The number of carbonyl (C=O) groups is 1. The van der Waals surface area contributed by atoms with Crippen molar-refractivity contribution in [3.05, 3.63) is 36.2 Å². The minimum Gasteiger partial charge on any atom is -0.495 e. The molecule has 9 nitrogen and oxygen atoms in total. The summed E-state index contributed by atoms with van der Waals surface area (Å²) in [5, 5.41) is 13.7. The molecule has 0 atom stereocenters. The lowest BCUT2D eigenvalue weighted by molar-refractivity contribution is 0.0944. The van der Waals surface area contributed by atoms with Crippen LogP contribution in [0.5, 0.6) is 11.5 Å². The first kappa shape index (κ1) is 17.0. The highest BCUT2D eigenvalue weighted by atomic mass is 16.5. The van der Waals surface area contributed by atoms with Gasteiger partial charge in [0.25, 0.3) is 5.91 Å². The van der Waals surface area contributed by atoms with Gasteiger partial charge in [0, 0.05) is 25.7 Å². The molecule has 4 bridgehead atoms. The molecule has 4 rings (SSSR count). The quantitative estimate of drug-likeness (QED) is 0.636. The lowest BCUT2D eigenvalue weighted by atomic mass is 10.2. The fraction of sp³-hybridized carbons (Fsp3) is 0.278. The molecule has 27 heavy (non-hydrogen) atoms. The zero-order chi connectivity index (χ0) is 18.8. The minimum atomic E-state index is -0.234. The van der Waals surface area contributed by atoms with Crippen LogP contribution in [-0.2, 0) is 0 Å². The Labute approximate surface area is 155 Å². The SMILES string of the molecule is CNc1cc2nn3c(cnc13)C(=O)NCCCOc1ccc(OC)c(c1)N2. The van der Waals surface area contributed by atoms with E-state index in [0.29, 0.717) is 53.9 Å². The van der Waals surface area contributed by atoms with E-state index < -0.39 is 0 Å². The fourth-order valence-electron chi connectivity index (χ4n) is 2.94. The smallest absolute Gasteiger partial charge is 0.271 e. The van der Waals surface area contributed by atoms with Gasteiger partial charge in [0.1, 0.15) is 11.5 Å². The van der Waals surface area contributed by atoms with Crippen LogP contribution in [0.3, 0.4) is 0 Å². The highest BCUT2D eigenvalue weighted by molar-refractivity contribution is 5.94. The van der Waals surface area contributed by atoms with Crippen LogP contribution in [0.4, 0.5) is 17.2 Å². The van der Waals surface area contributed by atoms with Gasteiger partial charge >= 0.3 is 0 Å². The number of anilines is 3. The van der Waals surface area contributed by atoms with Gasteiger partial charge in [-0.05, 0) is 18.6 Å². The van der Waals surface area contributed by atoms with Gasteiger partial charge in [0.15, 0.2) is 17.2 Å². The lowest BCUT2D eigenvalue weighted by Gasteiger charge is -2.15. The van der Waals surface area contributed by atoms with Gasteiger partial charge in [0.2, 0.25) is 0 Å². The van der Waals surface area contributed by atoms with Crippen LogP contribution in [-0.4, -0.2) is 47.8 Å². The molecule has 0 saturated heterocycles. The number of aromatic nitrogens is 3. The fourth-order valence-corrected chi connectivity index (χ4v) is 2.94. The van der Waals surface area contributed by atoms with Gasteiger partial charge in [-0.3, -0.25) is 4.79 Å². The highest BCUT2D eigenvalue weighted by Gasteiger charge is 2.17. The van der Waals surface area contributed by atoms with Crippen molar-refractivity contribution in [2.75, 3.05) is 37.9 Å². The molecule has 0 spiro atoms. The van der Waals surface area contributed by atoms with Gasteiger partial charge in [0.05, 0.1) is 31.3 Å². The second kappa shape index (κ2) is 7.02. The Kier molecular flexibility index (Phi) is 4.41. The van der Waals surface area contributed by atoms with Crippen molar-refractivity contribution < 1.29 is 14.3 Å². The first-order valence-electron chi connectivity index (χ1n) is 8.62. The first-order valence-corrected chi connectivity index (χ1v) is 8.62. The highest BCUT2D eigenvalue weighted by Crippen LogP contribution is 2.32. The Morgan fingerprint density at radius 3 is 3.04 bits per heavy atom. The average Bonchev–Trinajstić information content (AvgIpc) is 3.10. The van der Waals surface area contributed by atoms with Crippen molar-refractivity contribution in [2.24, 2.45) is 0 Å². The van der Waals surface area contributed by atoms with Crippen LogP contribution >= 0.6 is 0 Å². The van der Waals surface area contributed by atoms with Crippen molar-refractivity contribution in [1.82, 2.24) is 19.9 Å². The van der Waals surface area contributed by atoms with E-state index in [-0.39, 0.29) is 5.91 Å².